The third kappa shape index (κ3) is 3.42. The number of aliphatic hydroxyl groups is 2. The van der Waals surface area contributed by atoms with Crippen LogP contribution in [0.15, 0.2) is 0 Å². The van der Waals surface area contributed by atoms with Crippen molar-refractivity contribution in [1.82, 2.24) is 5.32 Å². The largest absolute Gasteiger partial charge is 0.394 e. The molecule has 0 aromatic heterocycles. The lowest BCUT2D eigenvalue weighted by atomic mass is 9.82. The maximum atomic E-state index is 9.24. The van der Waals surface area contributed by atoms with E-state index >= 15 is 0 Å². The molecule has 3 nitrogen and oxygen atoms in total. The van der Waals surface area contributed by atoms with Gasteiger partial charge >= 0.3 is 0 Å². The lowest BCUT2D eigenvalue weighted by Crippen LogP contribution is -2.49. The first kappa shape index (κ1) is 12.3. The van der Waals surface area contributed by atoms with Gasteiger partial charge in [0.25, 0.3) is 0 Å². The van der Waals surface area contributed by atoms with Gasteiger partial charge < -0.3 is 15.5 Å². The minimum absolute atomic E-state index is 0.159. The molecule has 1 aliphatic rings. The molecular formula is C10H21NO2S. The van der Waals surface area contributed by atoms with Crippen molar-refractivity contribution < 1.29 is 10.2 Å². The van der Waals surface area contributed by atoms with E-state index in [2.05, 4.69) is 19.2 Å². The van der Waals surface area contributed by atoms with E-state index in [1.54, 1.807) is 0 Å². The van der Waals surface area contributed by atoms with E-state index in [4.69, 9.17) is 5.11 Å². The topological polar surface area (TPSA) is 52.5 Å². The van der Waals surface area contributed by atoms with Crippen molar-refractivity contribution in [2.24, 2.45) is 5.41 Å². The van der Waals surface area contributed by atoms with Crippen LogP contribution in [-0.4, -0.2) is 47.0 Å². The molecule has 1 fully saturated rings. The van der Waals surface area contributed by atoms with Crippen LogP contribution in [0.3, 0.4) is 0 Å². The zero-order valence-electron chi connectivity index (χ0n) is 8.99. The molecule has 0 aromatic rings. The standard InChI is InChI=1S/C10H21NO2S/c1-10(2)3-4-14-7-9(10)11-5-8(13)6-12/h8-9,11-13H,3-7H2,1-2H3. The van der Waals surface area contributed by atoms with Gasteiger partial charge in [-0.3, -0.25) is 0 Å². The van der Waals surface area contributed by atoms with Crippen molar-refractivity contribution in [3.63, 3.8) is 0 Å². The Morgan fingerprint density at radius 3 is 2.86 bits per heavy atom. The van der Waals surface area contributed by atoms with Gasteiger partial charge in [0.1, 0.15) is 0 Å². The summed E-state index contributed by atoms with van der Waals surface area (Å²) in [5, 5.41) is 21.3. The Bertz CT molecular complexity index is 176. The van der Waals surface area contributed by atoms with Crippen molar-refractivity contribution in [2.75, 3.05) is 24.7 Å². The van der Waals surface area contributed by atoms with E-state index in [-0.39, 0.29) is 6.61 Å². The highest BCUT2D eigenvalue weighted by Crippen LogP contribution is 2.33. The summed E-state index contributed by atoms with van der Waals surface area (Å²) in [5.74, 6) is 2.33. The molecule has 0 aromatic carbocycles. The zero-order chi connectivity index (χ0) is 10.6. The average molecular weight is 219 g/mol. The van der Waals surface area contributed by atoms with Gasteiger partial charge in [0, 0.05) is 18.3 Å². The fourth-order valence-corrected chi connectivity index (χ4v) is 3.26. The molecule has 0 saturated carbocycles. The predicted octanol–water partition coefficient (Wildman–Crippen LogP) is 0.461. The van der Waals surface area contributed by atoms with Crippen molar-refractivity contribution in [1.29, 1.82) is 0 Å². The Labute approximate surface area is 90.3 Å². The summed E-state index contributed by atoms with van der Waals surface area (Å²) in [4.78, 5) is 0. The summed E-state index contributed by atoms with van der Waals surface area (Å²) >= 11 is 1.96. The van der Waals surface area contributed by atoms with Crippen molar-refractivity contribution in [2.45, 2.75) is 32.4 Å². The highest BCUT2D eigenvalue weighted by molar-refractivity contribution is 7.99. The lowest BCUT2D eigenvalue weighted by molar-refractivity contribution is 0.0863. The molecule has 2 atom stereocenters. The molecule has 0 aliphatic carbocycles. The van der Waals surface area contributed by atoms with E-state index in [9.17, 15) is 5.11 Å². The van der Waals surface area contributed by atoms with Gasteiger partial charge in [-0.2, -0.15) is 11.8 Å². The Hall–Kier alpha value is 0.230. The van der Waals surface area contributed by atoms with Gasteiger partial charge in [-0.25, -0.2) is 0 Å². The zero-order valence-corrected chi connectivity index (χ0v) is 9.81. The second-order valence-electron chi connectivity index (χ2n) is 4.61. The summed E-state index contributed by atoms with van der Waals surface area (Å²) in [6.45, 7) is 4.85. The Morgan fingerprint density at radius 1 is 1.57 bits per heavy atom. The van der Waals surface area contributed by atoms with Gasteiger partial charge in [-0.1, -0.05) is 13.8 Å². The summed E-state index contributed by atoms with van der Waals surface area (Å²) in [6, 6.07) is 0.447. The number of thioether (sulfide) groups is 1. The van der Waals surface area contributed by atoms with Gasteiger partial charge in [0.15, 0.2) is 0 Å². The van der Waals surface area contributed by atoms with Crippen LogP contribution >= 0.6 is 11.8 Å². The van der Waals surface area contributed by atoms with Crippen LogP contribution in [0.1, 0.15) is 20.3 Å². The minimum Gasteiger partial charge on any atom is -0.394 e. The first-order valence-corrected chi connectivity index (χ1v) is 6.32. The number of nitrogens with one attached hydrogen (secondary N) is 1. The SMILES string of the molecule is CC1(C)CCSCC1NCC(O)CO. The fourth-order valence-electron chi connectivity index (χ4n) is 1.61. The summed E-state index contributed by atoms with van der Waals surface area (Å²) in [5.41, 5.74) is 0.306. The van der Waals surface area contributed by atoms with Crippen molar-refractivity contribution >= 4 is 11.8 Å². The number of rotatable bonds is 4. The molecular weight excluding hydrogens is 198 g/mol. The summed E-state index contributed by atoms with van der Waals surface area (Å²) in [6.07, 6.45) is 0.586. The maximum Gasteiger partial charge on any atom is 0.0895 e. The molecule has 0 bridgehead atoms. The second kappa shape index (κ2) is 5.35. The maximum absolute atomic E-state index is 9.24. The molecule has 3 N–H and O–H groups in total. The van der Waals surface area contributed by atoms with Gasteiger partial charge in [-0.05, 0) is 17.6 Å². The number of hydrogen-bond donors (Lipinski definition) is 3. The summed E-state index contributed by atoms with van der Waals surface area (Å²) < 4.78 is 0. The van der Waals surface area contributed by atoms with Crippen molar-refractivity contribution in [3.8, 4) is 0 Å². The first-order valence-electron chi connectivity index (χ1n) is 5.16. The minimum atomic E-state index is -0.627. The van der Waals surface area contributed by atoms with E-state index in [0.717, 1.165) is 5.75 Å². The molecule has 0 amide bonds. The van der Waals surface area contributed by atoms with Crippen LogP contribution in [0.25, 0.3) is 0 Å². The molecule has 0 spiro atoms. The van der Waals surface area contributed by atoms with Crippen LogP contribution in [-0.2, 0) is 0 Å². The van der Waals surface area contributed by atoms with E-state index in [1.807, 2.05) is 11.8 Å². The highest BCUT2D eigenvalue weighted by Gasteiger charge is 2.32. The summed E-state index contributed by atoms with van der Waals surface area (Å²) in [7, 11) is 0. The average Bonchev–Trinajstić information content (AvgIpc) is 2.15. The molecule has 4 heteroatoms. The van der Waals surface area contributed by atoms with Gasteiger partial charge in [0.05, 0.1) is 12.7 Å². The Balaban J connectivity index is 2.34. The molecule has 2 unspecified atom stereocenters. The van der Waals surface area contributed by atoms with Crippen LogP contribution in [0, 0.1) is 5.41 Å². The Morgan fingerprint density at radius 2 is 2.29 bits per heavy atom. The van der Waals surface area contributed by atoms with Gasteiger partial charge in [0.2, 0.25) is 0 Å². The molecule has 1 heterocycles. The molecule has 0 radical (unpaired) electrons. The third-order valence-corrected chi connectivity index (χ3v) is 3.99. The van der Waals surface area contributed by atoms with Crippen molar-refractivity contribution in [3.05, 3.63) is 0 Å². The normalized spacial score (nSPS) is 28.7. The van der Waals surface area contributed by atoms with E-state index in [0.29, 0.717) is 18.0 Å². The fraction of sp³-hybridized carbons (Fsp3) is 1.00. The van der Waals surface area contributed by atoms with Crippen LogP contribution in [0.2, 0.25) is 0 Å². The highest BCUT2D eigenvalue weighted by atomic mass is 32.2. The molecule has 84 valence electrons. The van der Waals surface area contributed by atoms with Crippen LogP contribution < -0.4 is 5.32 Å². The predicted molar refractivity (Wildman–Crippen MR) is 60.6 cm³/mol. The van der Waals surface area contributed by atoms with E-state index < -0.39 is 6.10 Å². The molecule has 1 aliphatic heterocycles. The van der Waals surface area contributed by atoms with Crippen LogP contribution in [0.4, 0.5) is 0 Å². The molecule has 1 saturated heterocycles. The molecule has 1 rings (SSSR count). The first-order chi connectivity index (χ1) is 6.56. The monoisotopic (exact) mass is 219 g/mol. The van der Waals surface area contributed by atoms with Crippen LogP contribution in [0.5, 0.6) is 0 Å². The second-order valence-corrected chi connectivity index (χ2v) is 5.76. The molecule has 14 heavy (non-hydrogen) atoms. The smallest absolute Gasteiger partial charge is 0.0895 e. The quantitative estimate of drug-likeness (QED) is 0.643. The Kier molecular flexibility index (Phi) is 4.70. The van der Waals surface area contributed by atoms with Gasteiger partial charge in [-0.15, -0.1) is 0 Å². The number of aliphatic hydroxyl groups excluding tert-OH is 2. The van der Waals surface area contributed by atoms with E-state index in [1.165, 1.54) is 12.2 Å². The lowest BCUT2D eigenvalue weighted by Gasteiger charge is -2.39. The third-order valence-electron chi connectivity index (χ3n) is 2.93. The number of hydrogen-bond acceptors (Lipinski definition) is 4.